The van der Waals surface area contributed by atoms with Gasteiger partial charge in [0.25, 0.3) is 0 Å². The molecule has 7 nitrogen and oxygen atoms in total. The number of carbonyl (C=O) groups excluding carboxylic acids is 1. The monoisotopic (exact) mass is 610 g/mol. The predicted molar refractivity (Wildman–Crippen MR) is 155 cm³/mol. The van der Waals surface area contributed by atoms with E-state index in [0.29, 0.717) is 28.4 Å². The largest absolute Gasteiger partial charge is 0.454 e. The lowest BCUT2D eigenvalue weighted by Gasteiger charge is -2.32. The molecule has 2 amide bonds. The van der Waals surface area contributed by atoms with Crippen LogP contribution < -0.4 is 20.1 Å². The van der Waals surface area contributed by atoms with Crippen LogP contribution >= 0.6 is 24.0 Å². The smallest absolute Gasteiger partial charge is 0.323 e. The Balaban J connectivity index is 0.00000320. The standard InChI is InChI=1S/C29H30N4O3.HI/c30-19-23-7-4-8-25(16-23)31-29(34)32-26-18-28-27(35-20-36-28)17-24(26)11-14-33-12-9-22(10-13-33)15-21-5-2-1-3-6-21;/h1-8,16-18,22H,9-15,20H2,(H2,31,32,34);1H. The number of carbonyl (C=O) groups is 1. The average Bonchev–Trinajstić information content (AvgIpc) is 3.36. The summed E-state index contributed by atoms with van der Waals surface area (Å²) in [5, 5.41) is 14.9. The van der Waals surface area contributed by atoms with Gasteiger partial charge in [0.2, 0.25) is 6.79 Å². The minimum atomic E-state index is -0.369. The molecule has 5 rings (SSSR count). The van der Waals surface area contributed by atoms with Gasteiger partial charge >= 0.3 is 6.03 Å². The number of hydrogen-bond donors (Lipinski definition) is 2. The molecule has 0 atom stereocenters. The van der Waals surface area contributed by atoms with Crippen LogP contribution in [-0.2, 0) is 12.8 Å². The number of urea groups is 1. The summed E-state index contributed by atoms with van der Waals surface area (Å²) in [6.07, 6.45) is 4.34. The third-order valence-electron chi connectivity index (χ3n) is 6.87. The van der Waals surface area contributed by atoms with Crippen molar-refractivity contribution >= 4 is 41.4 Å². The molecule has 0 aliphatic carbocycles. The molecule has 37 heavy (non-hydrogen) atoms. The minimum Gasteiger partial charge on any atom is -0.454 e. The molecule has 1 saturated heterocycles. The van der Waals surface area contributed by atoms with E-state index in [9.17, 15) is 4.79 Å². The highest BCUT2D eigenvalue weighted by Gasteiger charge is 2.22. The molecule has 0 saturated carbocycles. The molecule has 3 aromatic rings. The molecule has 2 aliphatic rings. The normalized spacial score (nSPS) is 14.9. The van der Waals surface area contributed by atoms with Crippen molar-refractivity contribution in [2.45, 2.75) is 25.7 Å². The quantitative estimate of drug-likeness (QED) is 0.319. The van der Waals surface area contributed by atoms with Crippen molar-refractivity contribution in [2.75, 3.05) is 37.1 Å². The molecular formula is C29H31IN4O3. The van der Waals surface area contributed by atoms with Crippen molar-refractivity contribution in [2.24, 2.45) is 5.92 Å². The van der Waals surface area contributed by atoms with Crippen LogP contribution in [0.4, 0.5) is 16.2 Å². The summed E-state index contributed by atoms with van der Waals surface area (Å²) in [6, 6.07) is 23.1. The highest BCUT2D eigenvalue weighted by atomic mass is 127. The topological polar surface area (TPSA) is 86.6 Å². The number of fused-ring (bicyclic) bond motifs is 1. The number of amides is 2. The second-order valence-electron chi connectivity index (χ2n) is 9.36. The van der Waals surface area contributed by atoms with Gasteiger partial charge in [-0.2, -0.15) is 5.26 Å². The van der Waals surface area contributed by atoms with Crippen LogP contribution in [-0.4, -0.2) is 37.4 Å². The maximum atomic E-state index is 12.7. The Kier molecular flexibility index (Phi) is 9.25. The Morgan fingerprint density at radius 1 is 0.973 bits per heavy atom. The lowest BCUT2D eigenvalue weighted by atomic mass is 9.90. The molecule has 2 N–H and O–H groups in total. The minimum absolute atomic E-state index is 0. The zero-order valence-corrected chi connectivity index (χ0v) is 22.9. The van der Waals surface area contributed by atoms with Gasteiger partial charge in [0.05, 0.1) is 11.6 Å². The molecule has 2 heterocycles. The van der Waals surface area contributed by atoms with E-state index in [1.54, 1.807) is 24.3 Å². The number of anilines is 2. The first-order valence-electron chi connectivity index (χ1n) is 12.4. The van der Waals surface area contributed by atoms with Crippen molar-refractivity contribution in [3.63, 3.8) is 0 Å². The molecule has 0 bridgehead atoms. The van der Waals surface area contributed by atoms with E-state index < -0.39 is 0 Å². The van der Waals surface area contributed by atoms with Gasteiger partial charge in [0.1, 0.15) is 0 Å². The van der Waals surface area contributed by atoms with Gasteiger partial charge in [-0.05, 0) is 80.1 Å². The number of nitrogens with one attached hydrogen (secondary N) is 2. The highest BCUT2D eigenvalue weighted by molar-refractivity contribution is 14.0. The summed E-state index contributed by atoms with van der Waals surface area (Å²) in [7, 11) is 0. The fourth-order valence-electron chi connectivity index (χ4n) is 4.90. The summed E-state index contributed by atoms with van der Waals surface area (Å²) in [6.45, 7) is 3.26. The number of nitriles is 1. The molecule has 0 aromatic heterocycles. The summed E-state index contributed by atoms with van der Waals surface area (Å²) in [5.74, 6) is 2.07. The molecular weight excluding hydrogens is 579 g/mol. The Labute approximate surface area is 234 Å². The van der Waals surface area contributed by atoms with Crippen molar-refractivity contribution < 1.29 is 14.3 Å². The van der Waals surface area contributed by atoms with Crippen LogP contribution in [0.1, 0.15) is 29.5 Å². The van der Waals surface area contributed by atoms with Gasteiger partial charge in [0, 0.05) is 24.0 Å². The Hall–Kier alpha value is -3.29. The highest BCUT2D eigenvalue weighted by Crippen LogP contribution is 2.37. The molecule has 0 radical (unpaired) electrons. The zero-order valence-electron chi connectivity index (χ0n) is 20.6. The molecule has 0 unspecified atom stereocenters. The second-order valence-corrected chi connectivity index (χ2v) is 9.36. The fraction of sp³-hybridized carbons (Fsp3) is 0.310. The van der Waals surface area contributed by atoms with E-state index in [1.807, 2.05) is 12.1 Å². The van der Waals surface area contributed by atoms with Crippen LogP contribution in [0.2, 0.25) is 0 Å². The summed E-state index contributed by atoms with van der Waals surface area (Å²) in [5.41, 5.74) is 4.18. The lowest BCUT2D eigenvalue weighted by Crippen LogP contribution is -2.35. The van der Waals surface area contributed by atoms with E-state index in [0.717, 1.165) is 44.0 Å². The summed E-state index contributed by atoms with van der Waals surface area (Å²) in [4.78, 5) is 15.2. The second kappa shape index (κ2) is 12.8. The number of hydrogen-bond acceptors (Lipinski definition) is 5. The van der Waals surface area contributed by atoms with Crippen LogP contribution in [0.15, 0.2) is 66.7 Å². The van der Waals surface area contributed by atoms with Crippen molar-refractivity contribution in [3.8, 4) is 17.6 Å². The van der Waals surface area contributed by atoms with Gasteiger partial charge in [-0.15, -0.1) is 24.0 Å². The van der Waals surface area contributed by atoms with E-state index >= 15 is 0 Å². The Bertz CT molecular complexity index is 1250. The fourth-order valence-corrected chi connectivity index (χ4v) is 4.90. The number of rotatable bonds is 7. The number of ether oxygens (including phenoxy) is 2. The Morgan fingerprint density at radius 3 is 2.49 bits per heavy atom. The molecule has 3 aromatic carbocycles. The number of likely N-dealkylation sites (tertiary alicyclic amines) is 1. The first-order valence-corrected chi connectivity index (χ1v) is 12.4. The number of benzene rings is 3. The molecule has 2 aliphatic heterocycles. The summed E-state index contributed by atoms with van der Waals surface area (Å²) >= 11 is 0. The molecule has 1 fully saturated rings. The maximum absolute atomic E-state index is 12.7. The summed E-state index contributed by atoms with van der Waals surface area (Å²) < 4.78 is 11.1. The average molecular weight is 610 g/mol. The SMILES string of the molecule is I.N#Cc1cccc(NC(=O)Nc2cc3c(cc2CCN2CCC(Cc4ccccc4)CC2)OCO3)c1. The van der Waals surface area contributed by atoms with E-state index in [1.165, 1.54) is 18.4 Å². The van der Waals surface area contributed by atoms with Gasteiger partial charge in [-0.1, -0.05) is 36.4 Å². The predicted octanol–water partition coefficient (Wildman–Crippen LogP) is 6.05. The van der Waals surface area contributed by atoms with Crippen molar-refractivity contribution in [1.82, 2.24) is 4.90 Å². The van der Waals surface area contributed by atoms with Crippen LogP contribution in [0.5, 0.6) is 11.5 Å². The van der Waals surface area contributed by atoms with Gasteiger partial charge in [0.15, 0.2) is 11.5 Å². The first kappa shape index (κ1) is 26.8. The zero-order chi connectivity index (χ0) is 24.7. The van der Waals surface area contributed by atoms with Crippen LogP contribution in [0.3, 0.4) is 0 Å². The number of nitrogens with zero attached hydrogens (tertiary/aromatic N) is 2. The van der Waals surface area contributed by atoms with Crippen molar-refractivity contribution in [1.29, 1.82) is 5.26 Å². The number of halogens is 1. The van der Waals surface area contributed by atoms with Crippen molar-refractivity contribution in [3.05, 3.63) is 83.4 Å². The van der Waals surface area contributed by atoms with Gasteiger partial charge < -0.3 is 25.0 Å². The lowest BCUT2D eigenvalue weighted by molar-refractivity contribution is 0.174. The van der Waals surface area contributed by atoms with E-state index in [2.05, 4.69) is 51.9 Å². The van der Waals surface area contributed by atoms with E-state index in [-0.39, 0.29) is 36.8 Å². The van der Waals surface area contributed by atoms with Crippen LogP contribution in [0, 0.1) is 17.2 Å². The Morgan fingerprint density at radius 2 is 1.73 bits per heavy atom. The van der Waals surface area contributed by atoms with Gasteiger partial charge in [-0.3, -0.25) is 0 Å². The third-order valence-corrected chi connectivity index (χ3v) is 6.87. The molecule has 0 spiro atoms. The molecule has 192 valence electrons. The maximum Gasteiger partial charge on any atom is 0.323 e. The van der Waals surface area contributed by atoms with E-state index in [4.69, 9.17) is 14.7 Å². The third kappa shape index (κ3) is 7.14. The van der Waals surface area contributed by atoms with Crippen LogP contribution in [0.25, 0.3) is 0 Å². The molecule has 8 heteroatoms. The van der Waals surface area contributed by atoms with Gasteiger partial charge in [-0.25, -0.2) is 4.79 Å². The first-order chi connectivity index (χ1) is 17.7. The number of piperidine rings is 1.